The summed E-state index contributed by atoms with van der Waals surface area (Å²) in [5, 5.41) is 3.02. The third-order valence-corrected chi connectivity index (χ3v) is 3.55. The summed E-state index contributed by atoms with van der Waals surface area (Å²) < 4.78 is 0. The molecule has 2 amide bonds. The fraction of sp³-hybridized carbons (Fsp3) is 0.533. The molecule has 0 bridgehead atoms. The van der Waals surface area contributed by atoms with E-state index in [1.165, 1.54) is 11.1 Å². The fourth-order valence-corrected chi connectivity index (χ4v) is 2.27. The zero-order chi connectivity index (χ0) is 13.3. The summed E-state index contributed by atoms with van der Waals surface area (Å²) in [7, 11) is 0. The molecule has 18 heavy (non-hydrogen) atoms. The van der Waals surface area contributed by atoms with E-state index < -0.39 is 0 Å². The first-order chi connectivity index (χ1) is 8.41. The van der Waals surface area contributed by atoms with Gasteiger partial charge in [-0.25, -0.2) is 4.79 Å². The van der Waals surface area contributed by atoms with E-state index in [9.17, 15) is 4.79 Å². The summed E-state index contributed by atoms with van der Waals surface area (Å²) in [5.74, 6) is 0. The molecule has 0 spiro atoms. The first-order valence-electron chi connectivity index (χ1n) is 6.57. The van der Waals surface area contributed by atoms with Crippen molar-refractivity contribution in [3.63, 3.8) is 0 Å². The van der Waals surface area contributed by atoms with Gasteiger partial charge in [0.05, 0.1) is 6.04 Å². The second-order valence-electron chi connectivity index (χ2n) is 5.91. The van der Waals surface area contributed by atoms with Crippen LogP contribution in [0, 0.1) is 0 Å². The largest absolute Gasteiger partial charge is 0.329 e. The molecule has 1 aromatic rings. The smallest absolute Gasteiger partial charge is 0.318 e. The number of rotatable bonds is 2. The molecular weight excluding hydrogens is 224 g/mol. The third kappa shape index (κ3) is 2.50. The molecule has 1 aliphatic heterocycles. The van der Waals surface area contributed by atoms with Crippen molar-refractivity contribution in [3.05, 3.63) is 35.4 Å². The van der Waals surface area contributed by atoms with Crippen LogP contribution < -0.4 is 5.32 Å². The van der Waals surface area contributed by atoms with Gasteiger partial charge in [-0.2, -0.15) is 0 Å². The SMILES string of the molecule is CCN1CC(c2ccc(C(C)(C)C)cc2)NC1=O. The van der Waals surface area contributed by atoms with Gasteiger partial charge in [0.25, 0.3) is 0 Å². The van der Waals surface area contributed by atoms with Crippen molar-refractivity contribution in [3.8, 4) is 0 Å². The number of nitrogens with one attached hydrogen (secondary N) is 1. The Morgan fingerprint density at radius 3 is 2.33 bits per heavy atom. The fourth-order valence-electron chi connectivity index (χ4n) is 2.27. The van der Waals surface area contributed by atoms with Crippen LogP contribution in [0.25, 0.3) is 0 Å². The lowest BCUT2D eigenvalue weighted by Crippen LogP contribution is -2.27. The van der Waals surface area contributed by atoms with Gasteiger partial charge in [-0.3, -0.25) is 0 Å². The molecule has 1 N–H and O–H groups in total. The molecule has 98 valence electrons. The van der Waals surface area contributed by atoms with Crippen molar-refractivity contribution < 1.29 is 4.79 Å². The molecule has 0 aliphatic carbocycles. The van der Waals surface area contributed by atoms with Crippen LogP contribution in [0.3, 0.4) is 0 Å². The summed E-state index contributed by atoms with van der Waals surface area (Å²) in [6, 6.07) is 8.76. The number of carbonyl (C=O) groups is 1. The van der Waals surface area contributed by atoms with Crippen LogP contribution in [-0.2, 0) is 5.41 Å². The maximum atomic E-state index is 11.6. The molecule has 0 aromatic heterocycles. The number of carbonyl (C=O) groups excluding carboxylic acids is 1. The minimum Gasteiger partial charge on any atom is -0.329 e. The van der Waals surface area contributed by atoms with E-state index in [0.717, 1.165) is 13.1 Å². The molecule has 3 heteroatoms. The molecule has 0 radical (unpaired) electrons. The van der Waals surface area contributed by atoms with Crippen LogP contribution in [0.15, 0.2) is 24.3 Å². The Hall–Kier alpha value is -1.51. The topological polar surface area (TPSA) is 32.3 Å². The molecule has 2 rings (SSSR count). The van der Waals surface area contributed by atoms with Crippen LogP contribution in [0.2, 0.25) is 0 Å². The predicted molar refractivity (Wildman–Crippen MR) is 73.7 cm³/mol. The van der Waals surface area contributed by atoms with E-state index >= 15 is 0 Å². The van der Waals surface area contributed by atoms with Crippen LogP contribution in [0.1, 0.15) is 44.9 Å². The van der Waals surface area contributed by atoms with Gasteiger partial charge in [-0.15, -0.1) is 0 Å². The van der Waals surface area contributed by atoms with Crippen molar-refractivity contribution in [2.45, 2.75) is 39.2 Å². The normalized spacial score (nSPS) is 20.1. The average molecular weight is 246 g/mol. The van der Waals surface area contributed by atoms with Crippen molar-refractivity contribution in [2.24, 2.45) is 0 Å². The maximum Gasteiger partial charge on any atom is 0.318 e. The van der Waals surface area contributed by atoms with E-state index in [4.69, 9.17) is 0 Å². The minimum atomic E-state index is 0.0439. The van der Waals surface area contributed by atoms with E-state index in [0.29, 0.717) is 0 Å². The summed E-state index contributed by atoms with van der Waals surface area (Å²) >= 11 is 0. The molecule has 0 saturated carbocycles. The molecule has 1 saturated heterocycles. The highest BCUT2D eigenvalue weighted by atomic mass is 16.2. The third-order valence-electron chi connectivity index (χ3n) is 3.55. The monoisotopic (exact) mass is 246 g/mol. The summed E-state index contributed by atoms with van der Waals surface area (Å²) in [6.45, 7) is 10.2. The lowest BCUT2D eigenvalue weighted by molar-refractivity contribution is 0.219. The number of amides is 2. The van der Waals surface area contributed by atoms with Crippen molar-refractivity contribution in [1.82, 2.24) is 10.2 Å². The number of nitrogens with zero attached hydrogens (tertiary/aromatic N) is 1. The van der Waals surface area contributed by atoms with Crippen molar-refractivity contribution >= 4 is 6.03 Å². The van der Waals surface area contributed by atoms with Crippen LogP contribution in [0.5, 0.6) is 0 Å². The maximum absolute atomic E-state index is 11.6. The molecule has 1 atom stereocenters. The Kier molecular flexibility index (Phi) is 3.33. The number of benzene rings is 1. The van der Waals surface area contributed by atoms with Gasteiger partial charge >= 0.3 is 6.03 Å². The highest BCUT2D eigenvalue weighted by molar-refractivity contribution is 5.77. The number of hydrogen-bond acceptors (Lipinski definition) is 1. The minimum absolute atomic E-state index is 0.0439. The predicted octanol–water partition coefficient (Wildman–Crippen LogP) is 3.07. The van der Waals surface area contributed by atoms with Crippen molar-refractivity contribution in [2.75, 3.05) is 13.1 Å². The van der Waals surface area contributed by atoms with E-state index in [-0.39, 0.29) is 17.5 Å². The summed E-state index contributed by atoms with van der Waals surface area (Å²) in [5.41, 5.74) is 2.68. The summed E-state index contributed by atoms with van der Waals surface area (Å²) in [6.07, 6.45) is 0. The average Bonchev–Trinajstić information content (AvgIpc) is 2.69. The van der Waals surface area contributed by atoms with Crippen molar-refractivity contribution in [1.29, 1.82) is 0 Å². The quantitative estimate of drug-likeness (QED) is 0.854. The highest BCUT2D eigenvalue weighted by Crippen LogP contribution is 2.25. The van der Waals surface area contributed by atoms with Gasteiger partial charge in [0, 0.05) is 13.1 Å². The van der Waals surface area contributed by atoms with Gasteiger partial charge < -0.3 is 10.2 Å². The van der Waals surface area contributed by atoms with Gasteiger partial charge in [0.1, 0.15) is 0 Å². The molecule has 1 aromatic carbocycles. The zero-order valence-corrected chi connectivity index (χ0v) is 11.7. The van der Waals surface area contributed by atoms with E-state index in [2.05, 4.69) is 50.4 Å². The van der Waals surface area contributed by atoms with E-state index in [1.807, 2.05) is 11.8 Å². The number of likely N-dealkylation sites (N-methyl/N-ethyl adjacent to an activating group) is 1. The molecule has 1 fully saturated rings. The number of urea groups is 1. The first-order valence-corrected chi connectivity index (χ1v) is 6.57. The van der Waals surface area contributed by atoms with Gasteiger partial charge in [-0.05, 0) is 23.5 Å². The Morgan fingerprint density at radius 1 is 1.28 bits per heavy atom. The lowest BCUT2D eigenvalue weighted by atomic mass is 9.86. The van der Waals surface area contributed by atoms with E-state index in [1.54, 1.807) is 0 Å². The molecular formula is C15H22N2O. The Labute approximate surface area is 109 Å². The van der Waals surface area contributed by atoms with Crippen LogP contribution in [-0.4, -0.2) is 24.0 Å². The Balaban J connectivity index is 2.14. The molecule has 1 heterocycles. The molecule has 1 aliphatic rings. The van der Waals surface area contributed by atoms with Gasteiger partial charge in [0.15, 0.2) is 0 Å². The standard InChI is InChI=1S/C15H22N2O/c1-5-17-10-13(16-14(17)18)11-6-8-12(9-7-11)15(2,3)4/h6-9,13H,5,10H2,1-4H3,(H,16,18). The van der Waals surface area contributed by atoms with Gasteiger partial charge in [0.2, 0.25) is 0 Å². The Morgan fingerprint density at radius 2 is 1.89 bits per heavy atom. The lowest BCUT2D eigenvalue weighted by Gasteiger charge is -2.20. The second-order valence-corrected chi connectivity index (χ2v) is 5.91. The van der Waals surface area contributed by atoms with Crippen LogP contribution >= 0.6 is 0 Å². The zero-order valence-electron chi connectivity index (χ0n) is 11.7. The molecule has 3 nitrogen and oxygen atoms in total. The highest BCUT2D eigenvalue weighted by Gasteiger charge is 2.28. The second kappa shape index (κ2) is 4.63. The van der Waals surface area contributed by atoms with Crippen LogP contribution in [0.4, 0.5) is 4.79 Å². The number of hydrogen-bond donors (Lipinski definition) is 1. The molecule has 1 unspecified atom stereocenters. The van der Waals surface area contributed by atoms with Gasteiger partial charge in [-0.1, -0.05) is 45.0 Å². The first kappa shape index (κ1) is 12.9. The summed E-state index contributed by atoms with van der Waals surface area (Å²) in [4.78, 5) is 13.5. The Bertz CT molecular complexity index is 431.